The van der Waals surface area contributed by atoms with Crippen LogP contribution >= 0.6 is 0 Å². The van der Waals surface area contributed by atoms with Gasteiger partial charge in [0.15, 0.2) is 0 Å². The van der Waals surface area contributed by atoms with Crippen LogP contribution in [0.5, 0.6) is 0 Å². The third kappa shape index (κ3) is 2.16. The van der Waals surface area contributed by atoms with Gasteiger partial charge in [-0.1, -0.05) is 18.7 Å². The van der Waals surface area contributed by atoms with E-state index >= 15 is 0 Å². The highest BCUT2D eigenvalue weighted by atomic mass is 15.0. The predicted molar refractivity (Wildman–Crippen MR) is 75.5 cm³/mol. The number of hydrogen-bond donors (Lipinski definition) is 2. The van der Waals surface area contributed by atoms with Gasteiger partial charge in [0.05, 0.1) is 0 Å². The summed E-state index contributed by atoms with van der Waals surface area (Å²) in [5, 5.41) is 9.33. The Hall–Kier alpha value is -2.03. The second-order valence-electron chi connectivity index (χ2n) is 4.77. The molecule has 3 rings (SSSR count). The Morgan fingerprint density at radius 1 is 1.33 bits per heavy atom. The molecular weight excluding hydrogens is 222 g/mol. The molecule has 18 heavy (non-hydrogen) atoms. The maximum absolute atomic E-state index is 4.16. The molecule has 2 N–H and O–H groups in total. The minimum atomic E-state index is 0.470. The van der Waals surface area contributed by atoms with Gasteiger partial charge < -0.3 is 10.6 Å². The Bertz CT molecular complexity index is 571. The summed E-state index contributed by atoms with van der Waals surface area (Å²) in [5.41, 5.74) is 2.32. The smallest absolute Gasteiger partial charge is 0.0423 e. The monoisotopic (exact) mass is 239 g/mol. The van der Waals surface area contributed by atoms with E-state index in [2.05, 4.69) is 46.5 Å². The molecule has 2 heterocycles. The van der Waals surface area contributed by atoms with Crippen LogP contribution in [0.2, 0.25) is 0 Å². The predicted octanol–water partition coefficient (Wildman–Crippen LogP) is 2.91. The standard InChI is InChI=1S/C15H17N3/c1-11-9-13(5-8-17-11)18-15-4-2-3-12-10-16-7-6-14(12)15/h2-4,6-7,10,13,17-18H,1,5,8-9H2. The maximum Gasteiger partial charge on any atom is 0.0423 e. The van der Waals surface area contributed by atoms with Gasteiger partial charge in [-0.15, -0.1) is 0 Å². The molecule has 1 unspecified atom stereocenters. The van der Waals surface area contributed by atoms with E-state index in [1.54, 1.807) is 0 Å². The third-order valence-electron chi connectivity index (χ3n) is 3.40. The van der Waals surface area contributed by atoms with Crippen molar-refractivity contribution in [2.24, 2.45) is 0 Å². The van der Waals surface area contributed by atoms with E-state index in [4.69, 9.17) is 0 Å². The highest BCUT2D eigenvalue weighted by Crippen LogP contribution is 2.25. The summed E-state index contributed by atoms with van der Waals surface area (Å²) in [6.07, 6.45) is 5.86. The molecule has 92 valence electrons. The van der Waals surface area contributed by atoms with Crippen LogP contribution in [-0.2, 0) is 0 Å². The van der Waals surface area contributed by atoms with E-state index in [-0.39, 0.29) is 0 Å². The highest BCUT2D eigenvalue weighted by Gasteiger charge is 2.15. The number of piperidine rings is 1. The van der Waals surface area contributed by atoms with Crippen LogP contribution in [0.3, 0.4) is 0 Å². The second-order valence-corrected chi connectivity index (χ2v) is 4.77. The summed E-state index contributed by atoms with van der Waals surface area (Å²) in [6, 6.07) is 8.83. The summed E-state index contributed by atoms with van der Waals surface area (Å²) in [6.45, 7) is 5.01. The van der Waals surface area contributed by atoms with Crippen molar-refractivity contribution in [1.29, 1.82) is 0 Å². The van der Waals surface area contributed by atoms with Gasteiger partial charge >= 0.3 is 0 Å². The Morgan fingerprint density at radius 3 is 3.17 bits per heavy atom. The maximum atomic E-state index is 4.16. The Kier molecular flexibility index (Phi) is 2.89. The quantitative estimate of drug-likeness (QED) is 0.846. The van der Waals surface area contributed by atoms with Gasteiger partial charge in [-0.3, -0.25) is 4.98 Å². The van der Waals surface area contributed by atoms with Crippen LogP contribution in [0.15, 0.2) is 48.9 Å². The van der Waals surface area contributed by atoms with Crippen molar-refractivity contribution in [3.05, 3.63) is 48.9 Å². The van der Waals surface area contributed by atoms with Crippen LogP contribution in [-0.4, -0.2) is 17.6 Å². The lowest BCUT2D eigenvalue weighted by Gasteiger charge is -2.27. The molecule has 1 saturated heterocycles. The molecule has 0 aliphatic carbocycles. The number of aromatic nitrogens is 1. The summed E-state index contributed by atoms with van der Waals surface area (Å²) >= 11 is 0. The molecule has 3 nitrogen and oxygen atoms in total. The lowest BCUT2D eigenvalue weighted by Crippen LogP contribution is -2.33. The molecular formula is C15H17N3. The van der Waals surface area contributed by atoms with Crippen molar-refractivity contribution in [3.8, 4) is 0 Å². The molecule has 1 atom stereocenters. The molecule has 3 heteroatoms. The van der Waals surface area contributed by atoms with Gasteiger partial charge in [0.2, 0.25) is 0 Å². The molecule has 1 aliphatic rings. The summed E-state index contributed by atoms with van der Waals surface area (Å²) in [4.78, 5) is 4.16. The van der Waals surface area contributed by atoms with Gasteiger partial charge in [0.1, 0.15) is 0 Å². The normalized spacial score (nSPS) is 19.6. The van der Waals surface area contributed by atoms with Gasteiger partial charge in [-0.25, -0.2) is 0 Å². The SMILES string of the molecule is C=C1CC(Nc2cccc3cnccc23)CCN1. The minimum absolute atomic E-state index is 0.470. The van der Waals surface area contributed by atoms with Crippen molar-refractivity contribution in [2.75, 3.05) is 11.9 Å². The highest BCUT2D eigenvalue weighted by molar-refractivity contribution is 5.93. The number of nitrogens with zero attached hydrogens (tertiary/aromatic N) is 1. The van der Waals surface area contributed by atoms with E-state index in [0.29, 0.717) is 6.04 Å². The van der Waals surface area contributed by atoms with E-state index in [1.807, 2.05) is 12.4 Å². The molecule has 1 fully saturated rings. The van der Waals surface area contributed by atoms with Crippen molar-refractivity contribution in [2.45, 2.75) is 18.9 Å². The molecule has 0 spiro atoms. The van der Waals surface area contributed by atoms with Crippen LogP contribution in [0.25, 0.3) is 10.8 Å². The number of benzene rings is 1. The van der Waals surface area contributed by atoms with Crippen molar-refractivity contribution in [1.82, 2.24) is 10.3 Å². The molecule has 1 aromatic heterocycles. The van der Waals surface area contributed by atoms with E-state index in [0.717, 1.165) is 25.1 Å². The largest absolute Gasteiger partial charge is 0.389 e. The number of anilines is 1. The number of rotatable bonds is 2. The van der Waals surface area contributed by atoms with Crippen molar-refractivity contribution >= 4 is 16.5 Å². The number of hydrogen-bond acceptors (Lipinski definition) is 3. The van der Waals surface area contributed by atoms with Gasteiger partial charge in [-0.05, 0) is 18.6 Å². The Labute approximate surface area is 107 Å². The van der Waals surface area contributed by atoms with Crippen LogP contribution in [0, 0.1) is 0 Å². The zero-order valence-electron chi connectivity index (χ0n) is 10.3. The zero-order chi connectivity index (χ0) is 12.4. The fourth-order valence-corrected chi connectivity index (χ4v) is 2.49. The van der Waals surface area contributed by atoms with E-state index in [9.17, 15) is 0 Å². The molecule has 1 aliphatic heterocycles. The fourth-order valence-electron chi connectivity index (χ4n) is 2.49. The number of fused-ring (bicyclic) bond motifs is 1. The Balaban J connectivity index is 1.88. The van der Waals surface area contributed by atoms with Gasteiger partial charge in [0, 0.05) is 53.6 Å². The van der Waals surface area contributed by atoms with Gasteiger partial charge in [0.25, 0.3) is 0 Å². The zero-order valence-corrected chi connectivity index (χ0v) is 10.3. The summed E-state index contributed by atoms with van der Waals surface area (Å²) in [7, 11) is 0. The molecule has 0 radical (unpaired) electrons. The molecule has 2 aromatic rings. The second kappa shape index (κ2) is 4.69. The lowest BCUT2D eigenvalue weighted by atomic mass is 10.0. The third-order valence-corrected chi connectivity index (χ3v) is 3.40. The molecule has 0 saturated carbocycles. The lowest BCUT2D eigenvalue weighted by molar-refractivity contribution is 0.540. The van der Waals surface area contributed by atoms with Crippen LogP contribution in [0.1, 0.15) is 12.8 Å². The first-order chi connectivity index (χ1) is 8.83. The Morgan fingerprint density at radius 2 is 2.28 bits per heavy atom. The van der Waals surface area contributed by atoms with Crippen molar-refractivity contribution in [3.63, 3.8) is 0 Å². The van der Waals surface area contributed by atoms with Crippen molar-refractivity contribution < 1.29 is 0 Å². The number of pyridine rings is 1. The first-order valence-corrected chi connectivity index (χ1v) is 6.34. The van der Waals surface area contributed by atoms with Crippen LogP contribution in [0.4, 0.5) is 5.69 Å². The summed E-state index contributed by atoms with van der Waals surface area (Å²) < 4.78 is 0. The van der Waals surface area contributed by atoms with E-state index in [1.165, 1.54) is 16.5 Å². The van der Waals surface area contributed by atoms with E-state index < -0.39 is 0 Å². The summed E-state index contributed by atoms with van der Waals surface area (Å²) in [5.74, 6) is 0. The fraction of sp³-hybridized carbons (Fsp3) is 0.267. The van der Waals surface area contributed by atoms with Gasteiger partial charge in [-0.2, -0.15) is 0 Å². The average Bonchev–Trinajstić information content (AvgIpc) is 2.39. The average molecular weight is 239 g/mol. The molecule has 0 bridgehead atoms. The molecule has 0 amide bonds. The first-order valence-electron chi connectivity index (χ1n) is 6.34. The minimum Gasteiger partial charge on any atom is -0.389 e. The first kappa shape index (κ1) is 11.1. The topological polar surface area (TPSA) is 37.0 Å². The van der Waals surface area contributed by atoms with Crippen LogP contribution < -0.4 is 10.6 Å². The molecule has 1 aromatic carbocycles. The number of nitrogens with one attached hydrogen (secondary N) is 2.